The Bertz CT molecular complexity index is 1220. The van der Waals surface area contributed by atoms with Crippen molar-refractivity contribution in [2.75, 3.05) is 13.2 Å². The Morgan fingerprint density at radius 1 is 0.619 bits per heavy atom. The van der Waals surface area contributed by atoms with Crippen molar-refractivity contribution < 1.29 is 31.1 Å². The summed E-state index contributed by atoms with van der Waals surface area (Å²) in [6.45, 7) is 9.48. The number of rotatable bonds is 15. The third-order valence-electron chi connectivity index (χ3n) is 6.25. The monoisotopic (exact) mass is 654 g/mol. The number of benzene rings is 2. The van der Waals surface area contributed by atoms with Crippen LogP contribution in [0.5, 0.6) is 11.5 Å². The van der Waals surface area contributed by atoms with Crippen molar-refractivity contribution in [1.82, 2.24) is 0 Å². The summed E-state index contributed by atoms with van der Waals surface area (Å²) in [7, 11) is 0. The van der Waals surface area contributed by atoms with Gasteiger partial charge in [0.15, 0.2) is 0 Å². The Kier molecular flexibility index (Phi) is 14.2. The molecule has 0 bridgehead atoms. The molecule has 0 fully saturated rings. The van der Waals surface area contributed by atoms with Crippen LogP contribution < -0.4 is 54.0 Å². The molecule has 0 spiro atoms. The summed E-state index contributed by atoms with van der Waals surface area (Å²) in [5.41, 5.74) is 29.0. The van der Waals surface area contributed by atoms with Crippen molar-refractivity contribution >= 4 is 67.7 Å². The molecule has 0 heterocycles. The van der Waals surface area contributed by atoms with Crippen LogP contribution in [-0.2, 0) is 28.4 Å². The lowest BCUT2D eigenvalue weighted by atomic mass is 9.76. The van der Waals surface area contributed by atoms with E-state index in [0.29, 0.717) is 46.6 Å². The van der Waals surface area contributed by atoms with Gasteiger partial charge in [-0.25, -0.2) is 0 Å². The average Bonchev–Trinajstić information content (AvgIpc) is 2.92. The number of ether oxygens (including phenoxy) is 2. The van der Waals surface area contributed by atoms with Crippen molar-refractivity contribution in [2.24, 2.45) is 22.9 Å². The topological polar surface area (TPSA) is 225 Å². The van der Waals surface area contributed by atoms with E-state index >= 15 is 0 Å². The van der Waals surface area contributed by atoms with E-state index in [9.17, 15) is 0 Å². The fourth-order valence-corrected chi connectivity index (χ4v) is 6.34. The fourth-order valence-electron chi connectivity index (χ4n) is 4.19. The summed E-state index contributed by atoms with van der Waals surface area (Å²) >= 11 is 5.46. The van der Waals surface area contributed by atoms with Crippen LogP contribution in [0.1, 0.15) is 67.5 Å². The molecule has 0 saturated heterocycles. The standard InChI is InChI=1S/C28H42N8O2S4/c1-5-7-38-23-18(14-41-26(33)34)10-21(11-19(23)15-42-27(35)36)28(3,4)20-8-16(12-39-24(29)30)22(37-6-2)17(9-20)13-40-25(31)32/h8-11H,5-7,12-15H2,1-4H3,(H3,29,30)(H3,31,32)(H3,33,34)(H3,35,36)/p+4. The number of nitrogens with two attached hydrogens (primary N) is 8. The zero-order valence-corrected chi connectivity index (χ0v) is 28.1. The lowest BCUT2D eigenvalue weighted by Crippen LogP contribution is -2.43. The molecule has 0 aliphatic carbocycles. The van der Waals surface area contributed by atoms with Gasteiger partial charge in [0.05, 0.1) is 13.2 Å². The van der Waals surface area contributed by atoms with Crippen LogP contribution in [0.4, 0.5) is 0 Å². The summed E-state index contributed by atoms with van der Waals surface area (Å²) in [4.78, 5) is 0. The van der Waals surface area contributed by atoms with E-state index in [1.165, 1.54) is 47.0 Å². The molecule has 0 atom stereocenters. The largest absolute Gasteiger partial charge is 0.493 e. The zero-order chi connectivity index (χ0) is 31.4. The molecular weight excluding hydrogens is 609 g/mol. The molecule has 2 aromatic carbocycles. The second kappa shape index (κ2) is 16.8. The summed E-state index contributed by atoms with van der Waals surface area (Å²) in [6.07, 6.45) is 0.867. The third kappa shape index (κ3) is 10.5. The molecule has 16 N–H and O–H groups in total. The van der Waals surface area contributed by atoms with Gasteiger partial charge in [-0.3, -0.25) is 44.6 Å². The maximum absolute atomic E-state index is 6.26. The van der Waals surface area contributed by atoms with Crippen molar-refractivity contribution in [1.29, 1.82) is 0 Å². The molecule has 0 aliphatic heterocycles. The molecule has 0 aromatic heterocycles. The fraction of sp³-hybridized carbons (Fsp3) is 0.429. The average molecular weight is 655 g/mol. The minimum atomic E-state index is -0.447. The minimum Gasteiger partial charge on any atom is -0.493 e. The van der Waals surface area contributed by atoms with E-state index in [1.807, 2.05) is 6.92 Å². The molecule has 2 aromatic rings. The van der Waals surface area contributed by atoms with Gasteiger partial charge in [-0.1, -0.05) is 45.0 Å². The van der Waals surface area contributed by atoms with E-state index in [-0.39, 0.29) is 10.3 Å². The van der Waals surface area contributed by atoms with Crippen LogP contribution in [-0.4, -0.2) is 33.9 Å². The third-order valence-corrected chi connectivity index (χ3v) is 9.40. The molecule has 0 amide bonds. The quantitative estimate of drug-likeness (QED) is 0.0813. The van der Waals surface area contributed by atoms with Gasteiger partial charge in [0.1, 0.15) is 11.5 Å². The van der Waals surface area contributed by atoms with Gasteiger partial charge in [-0.05, 0) is 71.5 Å². The van der Waals surface area contributed by atoms with Crippen LogP contribution in [0.3, 0.4) is 0 Å². The second-order valence-corrected chi connectivity index (χ2v) is 14.1. The molecule has 0 unspecified atom stereocenters. The Labute approximate surface area is 265 Å². The first-order chi connectivity index (χ1) is 19.8. The molecule has 230 valence electrons. The summed E-state index contributed by atoms with van der Waals surface area (Å²) in [5.74, 6) is 3.80. The smallest absolute Gasteiger partial charge is 0.300 e. The number of hydrogen-bond acceptors (Lipinski definition) is 6. The predicted molar refractivity (Wildman–Crippen MR) is 182 cm³/mol. The minimum absolute atomic E-state index is 0.288. The maximum Gasteiger partial charge on any atom is 0.300 e. The van der Waals surface area contributed by atoms with Gasteiger partial charge >= 0.3 is 0 Å². The Morgan fingerprint density at radius 2 is 0.929 bits per heavy atom. The molecule has 14 heteroatoms. The maximum atomic E-state index is 6.26. The molecule has 0 aliphatic rings. The van der Waals surface area contributed by atoms with Crippen molar-refractivity contribution in [3.05, 3.63) is 57.6 Å². The highest BCUT2D eigenvalue weighted by molar-refractivity contribution is 8.13. The summed E-state index contributed by atoms with van der Waals surface area (Å²) in [5, 5.41) is 24.5. The highest BCUT2D eigenvalue weighted by atomic mass is 32.2. The van der Waals surface area contributed by atoms with E-state index in [2.05, 4.69) is 45.0 Å². The van der Waals surface area contributed by atoms with Crippen molar-refractivity contribution in [3.63, 3.8) is 0 Å². The van der Waals surface area contributed by atoms with E-state index in [1.54, 1.807) is 0 Å². The predicted octanol–water partition coefficient (Wildman–Crippen LogP) is -1.57. The number of thioether (sulfide) groups is 4. The second-order valence-electron chi connectivity index (χ2n) is 9.92. The molecule has 0 saturated carbocycles. The zero-order valence-electron chi connectivity index (χ0n) is 24.8. The van der Waals surface area contributed by atoms with Gasteiger partial charge in [0.2, 0.25) is 0 Å². The number of hydrogen-bond donors (Lipinski definition) is 8. The Balaban J connectivity index is 2.79. The van der Waals surface area contributed by atoms with Crippen LogP contribution in [0, 0.1) is 0 Å². The molecule has 2 rings (SSSR count). The van der Waals surface area contributed by atoms with Gasteiger partial charge in [0.25, 0.3) is 20.7 Å². The number of amidine groups is 4. The summed E-state index contributed by atoms with van der Waals surface area (Å²) < 4.78 is 12.4. The van der Waals surface area contributed by atoms with Crippen LogP contribution in [0.25, 0.3) is 0 Å². The lowest BCUT2D eigenvalue weighted by Gasteiger charge is -2.30. The highest BCUT2D eigenvalue weighted by Crippen LogP contribution is 2.42. The normalized spacial score (nSPS) is 11.2. The molecule has 0 radical (unpaired) electrons. The van der Waals surface area contributed by atoms with Gasteiger partial charge < -0.3 is 9.47 Å². The molecule has 10 nitrogen and oxygen atoms in total. The lowest BCUT2D eigenvalue weighted by molar-refractivity contribution is -0.110. The van der Waals surface area contributed by atoms with E-state index < -0.39 is 5.41 Å². The molecule has 42 heavy (non-hydrogen) atoms. The van der Waals surface area contributed by atoms with Crippen molar-refractivity contribution in [3.8, 4) is 11.5 Å². The Hall–Kier alpha value is -2.68. The first-order valence-corrected chi connectivity index (χ1v) is 17.3. The van der Waals surface area contributed by atoms with Gasteiger partial charge in [-0.15, -0.1) is 0 Å². The van der Waals surface area contributed by atoms with E-state index in [4.69, 9.17) is 54.0 Å². The van der Waals surface area contributed by atoms with Gasteiger partial charge in [0, 0.05) is 50.7 Å². The van der Waals surface area contributed by atoms with E-state index in [0.717, 1.165) is 51.3 Å². The first-order valence-electron chi connectivity index (χ1n) is 13.4. The van der Waals surface area contributed by atoms with Crippen LogP contribution in [0.15, 0.2) is 24.3 Å². The van der Waals surface area contributed by atoms with Gasteiger partial charge in [-0.2, -0.15) is 0 Å². The van der Waals surface area contributed by atoms with Crippen molar-refractivity contribution in [2.45, 2.75) is 62.5 Å². The molecular formula is C28H46N8O2S4+4. The first kappa shape index (κ1) is 35.5. The highest BCUT2D eigenvalue weighted by Gasteiger charge is 2.29. The van der Waals surface area contributed by atoms with Crippen LogP contribution >= 0.6 is 47.0 Å². The Morgan fingerprint density at radius 3 is 1.19 bits per heavy atom. The van der Waals surface area contributed by atoms with Crippen LogP contribution in [0.2, 0.25) is 0 Å². The summed E-state index contributed by atoms with van der Waals surface area (Å²) in [6, 6.07) is 8.65. The SMILES string of the molecule is CCCOc1c(CSC(N)=[NH2+])cc(C(C)(C)c2cc(CSC(N)=[NH2+])c(OCC)c(CSC(N)=[NH2+])c2)cc1CSC(N)=[NH2+].